The summed E-state index contributed by atoms with van der Waals surface area (Å²) < 4.78 is 46.0. The van der Waals surface area contributed by atoms with Crippen molar-refractivity contribution in [1.82, 2.24) is 4.90 Å². The molecule has 0 aromatic heterocycles. The lowest BCUT2D eigenvalue weighted by atomic mass is 9.98. The van der Waals surface area contributed by atoms with Gasteiger partial charge in [-0.15, -0.1) is 12.4 Å². The zero-order valence-electron chi connectivity index (χ0n) is 16.6. The molecule has 1 saturated heterocycles. The number of benzene rings is 2. The molecule has 2 aromatic carbocycles. The van der Waals surface area contributed by atoms with Crippen molar-refractivity contribution in [3.63, 3.8) is 0 Å². The fraction of sp³-hybridized carbons (Fsp3) is 0.409. The maximum atomic E-state index is 13.3. The summed E-state index contributed by atoms with van der Waals surface area (Å²) in [6.45, 7) is 2.00. The Morgan fingerprint density at radius 1 is 1.19 bits per heavy atom. The molecule has 9 heteroatoms. The number of nitrogens with zero attached hydrogens (tertiary/aromatic N) is 1. The number of carbonyl (C=O) groups is 1. The van der Waals surface area contributed by atoms with Crippen LogP contribution in [-0.2, 0) is 15.7 Å². The van der Waals surface area contributed by atoms with E-state index in [9.17, 15) is 23.1 Å². The topological polar surface area (TPSA) is 49.8 Å². The summed E-state index contributed by atoms with van der Waals surface area (Å²) >= 11 is 5.76. The fourth-order valence-corrected chi connectivity index (χ4v) is 3.92. The largest absolute Gasteiger partial charge is 0.481 e. The molecule has 1 aliphatic heterocycles. The average Bonchev–Trinajstić information content (AvgIpc) is 2.72. The van der Waals surface area contributed by atoms with E-state index in [1.54, 1.807) is 24.3 Å². The molecule has 4 nitrogen and oxygen atoms in total. The van der Waals surface area contributed by atoms with Gasteiger partial charge >= 0.3 is 12.1 Å². The van der Waals surface area contributed by atoms with Crippen molar-refractivity contribution in [3.05, 3.63) is 70.2 Å². The molecule has 2 aromatic rings. The van der Waals surface area contributed by atoms with E-state index >= 15 is 0 Å². The number of piperidine rings is 1. The lowest BCUT2D eigenvalue weighted by molar-refractivity contribution is -0.143. The van der Waals surface area contributed by atoms with Gasteiger partial charge in [-0.2, -0.15) is 13.2 Å². The molecule has 0 radical (unpaired) electrons. The van der Waals surface area contributed by atoms with Crippen LogP contribution in [0.4, 0.5) is 13.2 Å². The summed E-state index contributed by atoms with van der Waals surface area (Å²) in [6.07, 6.45) is -3.80. The van der Waals surface area contributed by atoms with Crippen molar-refractivity contribution in [1.29, 1.82) is 0 Å². The third kappa shape index (κ3) is 6.84. The van der Waals surface area contributed by atoms with Gasteiger partial charge in [0.1, 0.15) is 6.10 Å². The number of rotatable bonds is 7. The Bertz CT molecular complexity index is 865. The first-order valence-electron chi connectivity index (χ1n) is 9.74. The highest BCUT2D eigenvalue weighted by Gasteiger charge is 2.34. The third-order valence-corrected chi connectivity index (χ3v) is 5.58. The second-order valence-electron chi connectivity index (χ2n) is 7.38. The van der Waals surface area contributed by atoms with E-state index in [0.29, 0.717) is 25.1 Å². The van der Waals surface area contributed by atoms with Crippen molar-refractivity contribution < 1.29 is 27.8 Å². The fourth-order valence-electron chi connectivity index (χ4n) is 3.70. The van der Waals surface area contributed by atoms with Crippen LogP contribution in [0.2, 0.25) is 5.02 Å². The first-order chi connectivity index (χ1) is 14.3. The Kier molecular flexibility index (Phi) is 9.18. The Labute approximate surface area is 190 Å². The summed E-state index contributed by atoms with van der Waals surface area (Å²) in [6, 6.07) is 12.8. The van der Waals surface area contributed by atoms with Crippen LogP contribution in [0, 0.1) is 5.92 Å². The Hall–Kier alpha value is -1.80. The first-order valence-corrected chi connectivity index (χ1v) is 10.1. The summed E-state index contributed by atoms with van der Waals surface area (Å²) in [5, 5.41) is 8.87. The highest BCUT2D eigenvalue weighted by Crippen LogP contribution is 2.37. The molecular weight excluding hydrogens is 454 g/mol. The van der Waals surface area contributed by atoms with Crippen molar-refractivity contribution in [2.24, 2.45) is 5.92 Å². The first kappa shape index (κ1) is 25.5. The Balaban J connectivity index is 0.00000341. The second kappa shape index (κ2) is 11.2. The summed E-state index contributed by atoms with van der Waals surface area (Å²) in [5.74, 6) is -1.20. The van der Waals surface area contributed by atoms with Crippen LogP contribution in [0.25, 0.3) is 0 Å². The van der Waals surface area contributed by atoms with E-state index in [-0.39, 0.29) is 24.0 Å². The molecule has 3 rings (SSSR count). The molecule has 0 spiro atoms. The average molecular weight is 478 g/mol. The van der Waals surface area contributed by atoms with Gasteiger partial charge in [-0.05, 0) is 42.6 Å². The van der Waals surface area contributed by atoms with E-state index in [1.165, 1.54) is 12.1 Å². The van der Waals surface area contributed by atoms with Crippen LogP contribution in [0.5, 0.6) is 0 Å². The summed E-state index contributed by atoms with van der Waals surface area (Å²) in [5.41, 5.74) is 0.196. The predicted octanol–water partition coefficient (Wildman–Crippen LogP) is 5.68. The number of ether oxygens (including phenoxy) is 1. The van der Waals surface area contributed by atoms with E-state index in [0.717, 1.165) is 24.6 Å². The lowest BCUT2D eigenvalue weighted by Crippen LogP contribution is -2.40. The maximum absolute atomic E-state index is 13.3. The minimum Gasteiger partial charge on any atom is -0.481 e. The summed E-state index contributed by atoms with van der Waals surface area (Å²) in [7, 11) is 0. The number of carboxylic acids is 1. The number of aliphatic carboxylic acids is 1. The SMILES string of the molecule is Cl.O=C(O)C1CCCN(CCOC(c2ccccc2)c2ccc(Cl)c(C(F)(F)F)c2)C1. The van der Waals surface area contributed by atoms with E-state index < -0.39 is 29.7 Å². The molecule has 0 aliphatic carbocycles. The van der Waals surface area contributed by atoms with Gasteiger partial charge in [0.2, 0.25) is 0 Å². The molecule has 1 N–H and O–H groups in total. The zero-order valence-corrected chi connectivity index (χ0v) is 18.2. The molecule has 1 heterocycles. The van der Waals surface area contributed by atoms with Gasteiger partial charge in [-0.3, -0.25) is 4.79 Å². The third-order valence-electron chi connectivity index (χ3n) is 5.25. The second-order valence-corrected chi connectivity index (χ2v) is 7.78. The van der Waals surface area contributed by atoms with Crippen LogP contribution in [0.15, 0.2) is 48.5 Å². The minimum atomic E-state index is -4.56. The quantitative estimate of drug-likeness (QED) is 0.556. The van der Waals surface area contributed by atoms with Crippen LogP contribution < -0.4 is 0 Å². The number of likely N-dealkylation sites (tertiary alicyclic amines) is 1. The van der Waals surface area contributed by atoms with Crippen molar-refractivity contribution >= 4 is 30.0 Å². The number of halogens is 5. The van der Waals surface area contributed by atoms with Crippen LogP contribution in [0.3, 0.4) is 0 Å². The zero-order chi connectivity index (χ0) is 21.7. The Morgan fingerprint density at radius 3 is 2.55 bits per heavy atom. The highest BCUT2D eigenvalue weighted by molar-refractivity contribution is 6.31. The van der Waals surface area contributed by atoms with E-state index in [1.807, 2.05) is 11.0 Å². The lowest BCUT2D eigenvalue weighted by Gasteiger charge is -2.31. The summed E-state index contributed by atoms with van der Waals surface area (Å²) in [4.78, 5) is 13.3. The number of carboxylic acid groups (broad SMARTS) is 1. The monoisotopic (exact) mass is 477 g/mol. The van der Waals surface area contributed by atoms with Crippen molar-refractivity contribution in [3.8, 4) is 0 Å². The van der Waals surface area contributed by atoms with Crippen LogP contribution in [-0.4, -0.2) is 42.2 Å². The number of alkyl halides is 3. The van der Waals surface area contributed by atoms with Gasteiger partial charge in [0.15, 0.2) is 0 Å². The molecule has 2 unspecified atom stereocenters. The van der Waals surface area contributed by atoms with Crippen LogP contribution in [0.1, 0.15) is 35.6 Å². The van der Waals surface area contributed by atoms with Gasteiger partial charge in [-0.25, -0.2) is 0 Å². The van der Waals surface area contributed by atoms with Crippen molar-refractivity contribution in [2.75, 3.05) is 26.2 Å². The maximum Gasteiger partial charge on any atom is 0.417 e. The van der Waals surface area contributed by atoms with E-state index in [4.69, 9.17) is 16.3 Å². The smallest absolute Gasteiger partial charge is 0.417 e. The molecular formula is C22H24Cl2F3NO3. The standard InChI is InChI=1S/C22H23ClF3NO3.ClH/c23-19-9-8-16(13-18(19)22(24,25)26)20(15-5-2-1-3-6-15)30-12-11-27-10-4-7-17(14-27)21(28)29;/h1-3,5-6,8-9,13,17,20H,4,7,10-12,14H2,(H,28,29);1H. The molecule has 31 heavy (non-hydrogen) atoms. The van der Waals surface area contributed by atoms with Gasteiger partial charge < -0.3 is 14.7 Å². The van der Waals surface area contributed by atoms with Gasteiger partial charge in [0.25, 0.3) is 0 Å². The minimum absolute atomic E-state index is 0. The van der Waals surface area contributed by atoms with Crippen LogP contribution >= 0.6 is 24.0 Å². The highest BCUT2D eigenvalue weighted by atomic mass is 35.5. The normalized spacial score (nSPS) is 18.3. The van der Waals surface area contributed by atoms with Gasteiger partial charge in [-0.1, -0.05) is 48.0 Å². The molecule has 170 valence electrons. The van der Waals surface area contributed by atoms with Gasteiger partial charge in [0, 0.05) is 13.1 Å². The molecule has 0 bridgehead atoms. The Morgan fingerprint density at radius 2 is 1.90 bits per heavy atom. The number of hydrogen-bond acceptors (Lipinski definition) is 3. The van der Waals surface area contributed by atoms with E-state index in [2.05, 4.69) is 0 Å². The van der Waals surface area contributed by atoms with Crippen molar-refractivity contribution in [2.45, 2.75) is 25.1 Å². The molecule has 1 fully saturated rings. The van der Waals surface area contributed by atoms with Gasteiger partial charge in [0.05, 0.1) is 23.1 Å². The molecule has 0 saturated carbocycles. The predicted molar refractivity (Wildman–Crippen MR) is 115 cm³/mol. The molecule has 0 amide bonds. The number of hydrogen-bond donors (Lipinski definition) is 1. The molecule has 2 atom stereocenters. The molecule has 1 aliphatic rings.